The first kappa shape index (κ1) is 19.5. The molecule has 9 heteroatoms. The number of fused-ring (bicyclic) bond motifs is 1. The molecule has 2 rings (SSSR count). The fourth-order valence-corrected chi connectivity index (χ4v) is 2.11. The molecule has 0 unspecified atom stereocenters. The number of rotatable bonds is 0. The molecule has 108 valence electrons. The van der Waals surface area contributed by atoms with E-state index in [2.05, 4.69) is 10.6 Å². The Bertz CT molecular complexity index is 167. The molecule has 3 nitrogen and oxygen atoms in total. The molecule has 0 aliphatic carbocycles. The van der Waals surface area contributed by atoms with Gasteiger partial charge < -0.3 is 33.4 Å². The monoisotopic (exact) mass is 308 g/mol. The second-order valence-corrected chi connectivity index (χ2v) is 3.90. The van der Waals surface area contributed by atoms with Gasteiger partial charge in [-0.2, -0.15) is 0 Å². The first-order valence-electron chi connectivity index (χ1n) is 5.31. The van der Waals surface area contributed by atoms with Crippen molar-refractivity contribution in [2.75, 3.05) is 13.1 Å². The van der Waals surface area contributed by atoms with Crippen LogP contribution in [-0.2, 0) is 17.1 Å². The minimum Gasteiger partial charge on any atom is -0.418 e. The molecule has 2 aliphatic rings. The molecule has 0 aromatic heterocycles. The van der Waals surface area contributed by atoms with Gasteiger partial charge in [-0.1, -0.05) is 0 Å². The van der Waals surface area contributed by atoms with E-state index in [4.69, 9.17) is 0 Å². The Morgan fingerprint density at radius 1 is 0.824 bits per heavy atom. The maximum Gasteiger partial charge on any atom is 1.00 e. The fourth-order valence-electron chi connectivity index (χ4n) is 2.11. The summed E-state index contributed by atoms with van der Waals surface area (Å²) in [6.45, 7) is 2.48. The van der Waals surface area contributed by atoms with Gasteiger partial charge in [0.15, 0.2) is 0 Å². The third kappa shape index (κ3) is 9.85. The molecule has 2 heterocycles. The van der Waals surface area contributed by atoms with E-state index in [1.165, 1.54) is 38.8 Å². The molecule has 17 heavy (non-hydrogen) atoms. The van der Waals surface area contributed by atoms with Gasteiger partial charge in [-0.25, -0.2) is 0 Å². The fraction of sp³-hybridized carbons (Fsp3) is 1.00. The molecule has 0 spiro atoms. The first-order valence-corrected chi connectivity index (χ1v) is 5.31. The van der Waals surface area contributed by atoms with E-state index in [-0.39, 0.29) is 22.5 Å². The van der Waals surface area contributed by atoms with Crippen LogP contribution in [0, 0.1) is 0 Å². The zero-order valence-electron chi connectivity index (χ0n) is 9.29. The number of halogens is 4. The van der Waals surface area contributed by atoms with Crippen molar-refractivity contribution in [1.29, 1.82) is 0 Å². The SMILES string of the molecule is C1CN[C@H]2CCCN[C@H]2C1.F[B-](F)(F)F.O.[Cu+]. The van der Waals surface area contributed by atoms with E-state index in [0.29, 0.717) is 0 Å². The first-order chi connectivity index (χ1) is 6.97. The summed E-state index contributed by atoms with van der Waals surface area (Å²) in [5.74, 6) is 0. The predicted molar refractivity (Wildman–Crippen MR) is 55.8 cm³/mol. The van der Waals surface area contributed by atoms with Crippen LogP contribution in [0.15, 0.2) is 0 Å². The summed E-state index contributed by atoms with van der Waals surface area (Å²) in [5.41, 5.74) is 0. The third-order valence-corrected chi connectivity index (χ3v) is 2.68. The number of hydrogen-bond donors (Lipinski definition) is 2. The molecule has 0 radical (unpaired) electrons. The Labute approximate surface area is 109 Å². The quantitative estimate of drug-likeness (QED) is 0.517. The van der Waals surface area contributed by atoms with Gasteiger partial charge in [0.05, 0.1) is 0 Å². The molecule has 0 amide bonds. The molecule has 0 saturated carbocycles. The third-order valence-electron chi connectivity index (χ3n) is 2.68. The summed E-state index contributed by atoms with van der Waals surface area (Å²) >= 11 is 0. The number of hydrogen-bond acceptors (Lipinski definition) is 2. The summed E-state index contributed by atoms with van der Waals surface area (Å²) in [7, 11) is -6.00. The molecular weight excluding hydrogens is 290 g/mol. The Balaban J connectivity index is 0. The molecule has 4 N–H and O–H groups in total. The van der Waals surface area contributed by atoms with Crippen LogP contribution in [-0.4, -0.2) is 37.9 Å². The smallest absolute Gasteiger partial charge is 0.418 e. The summed E-state index contributed by atoms with van der Waals surface area (Å²) in [5, 5.41) is 7.12. The molecule has 0 aromatic rings. The average molecular weight is 309 g/mol. The Morgan fingerprint density at radius 2 is 1.12 bits per heavy atom. The molecule has 2 fully saturated rings. The van der Waals surface area contributed by atoms with Crippen LogP contribution in [0.1, 0.15) is 25.7 Å². The zero-order chi connectivity index (χ0) is 11.3. The molecule has 0 bridgehead atoms. The van der Waals surface area contributed by atoms with Gasteiger partial charge in [-0.3, -0.25) is 0 Å². The molecule has 2 atom stereocenters. The van der Waals surface area contributed by atoms with Crippen LogP contribution in [0.5, 0.6) is 0 Å². The topological polar surface area (TPSA) is 55.6 Å². The minimum atomic E-state index is -6.00. The van der Waals surface area contributed by atoms with Crippen LogP contribution in [0.3, 0.4) is 0 Å². The van der Waals surface area contributed by atoms with E-state index in [1.807, 2.05) is 0 Å². The van der Waals surface area contributed by atoms with Gasteiger partial charge in [0.25, 0.3) is 0 Å². The van der Waals surface area contributed by atoms with E-state index >= 15 is 0 Å². The molecule has 2 aliphatic heterocycles. The van der Waals surface area contributed by atoms with Crippen LogP contribution in [0.2, 0.25) is 0 Å². The zero-order valence-corrected chi connectivity index (χ0v) is 10.2. The van der Waals surface area contributed by atoms with E-state index in [9.17, 15) is 17.3 Å². The van der Waals surface area contributed by atoms with Crippen molar-refractivity contribution >= 4 is 7.25 Å². The van der Waals surface area contributed by atoms with Crippen molar-refractivity contribution in [2.24, 2.45) is 0 Å². The summed E-state index contributed by atoms with van der Waals surface area (Å²) in [6.07, 6.45) is 5.48. The summed E-state index contributed by atoms with van der Waals surface area (Å²) < 4.78 is 39.0. The van der Waals surface area contributed by atoms with Gasteiger partial charge in [0.2, 0.25) is 0 Å². The second-order valence-electron chi connectivity index (χ2n) is 3.90. The maximum atomic E-state index is 9.75. The Kier molecular flexibility index (Phi) is 10.5. The van der Waals surface area contributed by atoms with Crippen molar-refractivity contribution in [3.05, 3.63) is 0 Å². The molecule has 2 saturated heterocycles. The van der Waals surface area contributed by atoms with Gasteiger partial charge in [-0.15, -0.1) is 0 Å². The van der Waals surface area contributed by atoms with Crippen LogP contribution in [0.25, 0.3) is 0 Å². The average Bonchev–Trinajstić information content (AvgIpc) is 2.16. The molecular formula is C8H18BCuF4N2O. The maximum absolute atomic E-state index is 9.75. The van der Waals surface area contributed by atoms with Crippen molar-refractivity contribution in [1.82, 2.24) is 10.6 Å². The Hall–Kier alpha value is 0.184. The number of piperidine rings is 2. The number of nitrogens with one attached hydrogen (secondary N) is 2. The summed E-state index contributed by atoms with van der Waals surface area (Å²) in [4.78, 5) is 0. The van der Waals surface area contributed by atoms with Gasteiger partial charge in [0.1, 0.15) is 0 Å². The van der Waals surface area contributed by atoms with Gasteiger partial charge in [-0.05, 0) is 38.8 Å². The van der Waals surface area contributed by atoms with E-state index in [0.717, 1.165) is 12.1 Å². The predicted octanol–water partition coefficient (Wildman–Crippen LogP) is 0.963. The van der Waals surface area contributed by atoms with Crippen molar-refractivity contribution < 1.29 is 39.8 Å². The van der Waals surface area contributed by atoms with Crippen molar-refractivity contribution in [3.8, 4) is 0 Å². The van der Waals surface area contributed by atoms with Crippen molar-refractivity contribution in [2.45, 2.75) is 37.8 Å². The van der Waals surface area contributed by atoms with Gasteiger partial charge >= 0.3 is 24.3 Å². The normalized spacial score (nSPS) is 27.5. The summed E-state index contributed by atoms with van der Waals surface area (Å²) in [6, 6.07) is 1.59. The standard InChI is InChI=1S/C8H16N2.BF4.Cu.H2O/c1-3-7-8(9-5-1)4-2-6-10-7;2-1(3,4)5;;/h7-10H,1-6H2;;;1H2/q;-1;+1;/t7-,8-;;;/m0.../s1. The van der Waals surface area contributed by atoms with Crippen molar-refractivity contribution in [3.63, 3.8) is 0 Å². The van der Waals surface area contributed by atoms with E-state index in [1.54, 1.807) is 0 Å². The minimum absolute atomic E-state index is 0. The second kappa shape index (κ2) is 9.16. The van der Waals surface area contributed by atoms with E-state index < -0.39 is 7.25 Å². The van der Waals surface area contributed by atoms with Crippen LogP contribution >= 0.6 is 0 Å². The van der Waals surface area contributed by atoms with Gasteiger partial charge in [0, 0.05) is 12.1 Å². The van der Waals surface area contributed by atoms with Crippen LogP contribution in [0.4, 0.5) is 17.3 Å². The Morgan fingerprint density at radius 3 is 1.41 bits per heavy atom. The largest absolute Gasteiger partial charge is 1.00 e. The van der Waals surface area contributed by atoms with Crippen LogP contribution < -0.4 is 10.6 Å². The molecule has 0 aromatic carbocycles.